The fourth-order valence-corrected chi connectivity index (χ4v) is 1.70. The van der Waals surface area contributed by atoms with E-state index in [0.29, 0.717) is 6.54 Å². The molecule has 5 nitrogen and oxygen atoms in total. The Morgan fingerprint density at radius 1 is 1.20 bits per heavy atom. The van der Waals surface area contributed by atoms with Gasteiger partial charge in [0.15, 0.2) is 0 Å². The summed E-state index contributed by atoms with van der Waals surface area (Å²) >= 11 is 0. The average Bonchev–Trinajstić information content (AvgIpc) is 2.90. The summed E-state index contributed by atoms with van der Waals surface area (Å²) in [6, 6.07) is 9.55. The van der Waals surface area contributed by atoms with Crippen LogP contribution in [0.15, 0.2) is 36.5 Å². The third-order valence-corrected chi connectivity index (χ3v) is 2.76. The molecular weight excluding hydrogens is 252 g/mol. The van der Waals surface area contributed by atoms with Crippen LogP contribution in [0.1, 0.15) is 20.8 Å². The first-order chi connectivity index (χ1) is 9.44. The highest BCUT2D eigenvalue weighted by molar-refractivity contribution is 5.92. The number of nitrogens with zero attached hydrogens (tertiary/aromatic N) is 1. The van der Waals surface area contributed by atoms with E-state index >= 15 is 0 Å². The van der Waals surface area contributed by atoms with Crippen LogP contribution in [0.3, 0.4) is 0 Å². The number of H-pyrrole nitrogens is 1. The third kappa shape index (κ3) is 4.20. The van der Waals surface area contributed by atoms with Crippen molar-refractivity contribution in [3.63, 3.8) is 0 Å². The molecule has 0 fully saturated rings. The highest BCUT2D eigenvalue weighted by atomic mass is 16.1. The molecule has 20 heavy (non-hydrogen) atoms. The predicted molar refractivity (Wildman–Crippen MR) is 80.4 cm³/mol. The van der Waals surface area contributed by atoms with Gasteiger partial charge in [0.25, 0.3) is 0 Å². The Labute approximate surface area is 118 Å². The highest BCUT2D eigenvalue weighted by Gasteiger charge is 2.11. The number of aromatic nitrogens is 2. The summed E-state index contributed by atoms with van der Waals surface area (Å²) in [6.45, 7) is 6.38. The number of benzene rings is 1. The lowest BCUT2D eigenvalue weighted by Gasteiger charge is -2.20. The largest absolute Gasteiger partial charge is 0.325 e. The lowest BCUT2D eigenvalue weighted by Crippen LogP contribution is -2.41. The summed E-state index contributed by atoms with van der Waals surface area (Å²) in [7, 11) is 0. The Bertz CT molecular complexity index is 553. The predicted octanol–water partition coefficient (Wildman–Crippen LogP) is 2.40. The van der Waals surface area contributed by atoms with E-state index in [-0.39, 0.29) is 11.4 Å². The summed E-state index contributed by atoms with van der Waals surface area (Å²) in [5, 5.41) is 12.8. The Hall–Kier alpha value is -2.14. The van der Waals surface area contributed by atoms with Crippen LogP contribution in [0.25, 0.3) is 11.3 Å². The number of hydrogen-bond acceptors (Lipinski definition) is 3. The number of carbonyl (C=O) groups is 1. The molecule has 0 saturated carbocycles. The molecule has 2 aromatic rings. The van der Waals surface area contributed by atoms with Crippen molar-refractivity contribution in [1.29, 1.82) is 0 Å². The van der Waals surface area contributed by atoms with E-state index in [1.54, 1.807) is 6.20 Å². The second-order valence-corrected chi connectivity index (χ2v) is 5.70. The van der Waals surface area contributed by atoms with E-state index in [1.807, 2.05) is 51.1 Å². The lowest BCUT2D eigenvalue weighted by atomic mass is 10.1. The maximum atomic E-state index is 11.8. The molecule has 0 saturated heterocycles. The number of hydrogen-bond donors (Lipinski definition) is 3. The van der Waals surface area contributed by atoms with Gasteiger partial charge in [0.2, 0.25) is 5.91 Å². The van der Waals surface area contributed by atoms with Crippen molar-refractivity contribution in [2.45, 2.75) is 26.3 Å². The third-order valence-electron chi connectivity index (χ3n) is 2.76. The molecule has 5 heteroatoms. The first-order valence-electron chi connectivity index (χ1n) is 6.59. The van der Waals surface area contributed by atoms with E-state index in [1.165, 1.54) is 0 Å². The molecule has 3 N–H and O–H groups in total. The van der Waals surface area contributed by atoms with Crippen LogP contribution in [0, 0.1) is 0 Å². The molecule has 0 atom stereocenters. The summed E-state index contributed by atoms with van der Waals surface area (Å²) in [5.41, 5.74) is 2.71. The molecule has 1 heterocycles. The molecule has 2 rings (SSSR count). The first-order valence-corrected chi connectivity index (χ1v) is 6.59. The maximum Gasteiger partial charge on any atom is 0.238 e. The quantitative estimate of drug-likeness (QED) is 0.800. The summed E-state index contributed by atoms with van der Waals surface area (Å²) in [5.74, 6) is -0.0470. The molecule has 0 bridgehead atoms. The number of rotatable bonds is 4. The van der Waals surface area contributed by atoms with Crippen molar-refractivity contribution in [3.8, 4) is 11.3 Å². The van der Waals surface area contributed by atoms with Gasteiger partial charge in [0, 0.05) is 17.4 Å². The fraction of sp³-hybridized carbons (Fsp3) is 0.333. The minimum atomic E-state index is -0.0676. The topological polar surface area (TPSA) is 69.8 Å². The molecule has 0 aliphatic rings. The van der Waals surface area contributed by atoms with Gasteiger partial charge in [-0.25, -0.2) is 0 Å². The van der Waals surface area contributed by atoms with Gasteiger partial charge in [0.1, 0.15) is 0 Å². The lowest BCUT2D eigenvalue weighted by molar-refractivity contribution is -0.115. The number of anilines is 1. The molecule has 1 aromatic carbocycles. The Morgan fingerprint density at radius 2 is 1.90 bits per heavy atom. The van der Waals surface area contributed by atoms with Gasteiger partial charge >= 0.3 is 0 Å². The zero-order chi connectivity index (χ0) is 14.6. The fourth-order valence-electron chi connectivity index (χ4n) is 1.70. The smallest absolute Gasteiger partial charge is 0.238 e. The molecule has 0 aliphatic carbocycles. The van der Waals surface area contributed by atoms with E-state index < -0.39 is 0 Å². The second kappa shape index (κ2) is 5.88. The van der Waals surface area contributed by atoms with Gasteiger partial charge in [-0.2, -0.15) is 5.10 Å². The van der Waals surface area contributed by atoms with Crippen molar-refractivity contribution in [2.24, 2.45) is 0 Å². The number of carbonyl (C=O) groups excluding carboxylic acids is 1. The molecular formula is C15H20N4O. The highest BCUT2D eigenvalue weighted by Crippen LogP contribution is 2.18. The van der Waals surface area contributed by atoms with Gasteiger partial charge in [0.05, 0.1) is 12.2 Å². The van der Waals surface area contributed by atoms with Gasteiger partial charge in [-0.1, -0.05) is 12.1 Å². The second-order valence-electron chi connectivity index (χ2n) is 5.70. The first kappa shape index (κ1) is 14.3. The summed E-state index contributed by atoms with van der Waals surface area (Å²) in [6.07, 6.45) is 1.71. The molecule has 0 unspecified atom stereocenters. The SMILES string of the molecule is CC(C)(C)NCC(=O)Nc1ccc(-c2ccn[nH]2)cc1. The Kier molecular flexibility index (Phi) is 4.20. The Balaban J connectivity index is 1.92. The minimum absolute atomic E-state index is 0.0470. The molecule has 0 spiro atoms. The van der Waals surface area contributed by atoms with Gasteiger partial charge in [-0.15, -0.1) is 0 Å². The van der Waals surface area contributed by atoms with Crippen molar-refractivity contribution in [3.05, 3.63) is 36.5 Å². The van der Waals surface area contributed by atoms with Crippen LogP contribution in [-0.2, 0) is 4.79 Å². The van der Waals surface area contributed by atoms with Crippen molar-refractivity contribution >= 4 is 11.6 Å². The van der Waals surface area contributed by atoms with E-state index in [2.05, 4.69) is 20.8 Å². The van der Waals surface area contributed by atoms with Gasteiger partial charge in [-0.3, -0.25) is 9.89 Å². The zero-order valence-electron chi connectivity index (χ0n) is 12.0. The summed E-state index contributed by atoms with van der Waals surface area (Å²) < 4.78 is 0. The maximum absolute atomic E-state index is 11.8. The Morgan fingerprint density at radius 3 is 2.45 bits per heavy atom. The molecule has 0 aliphatic heterocycles. The normalized spacial score (nSPS) is 11.3. The van der Waals surface area contributed by atoms with Crippen LogP contribution in [0.5, 0.6) is 0 Å². The van der Waals surface area contributed by atoms with E-state index in [0.717, 1.165) is 16.9 Å². The number of aromatic amines is 1. The minimum Gasteiger partial charge on any atom is -0.325 e. The van der Waals surface area contributed by atoms with E-state index in [9.17, 15) is 4.79 Å². The van der Waals surface area contributed by atoms with Crippen molar-refractivity contribution < 1.29 is 4.79 Å². The summed E-state index contributed by atoms with van der Waals surface area (Å²) in [4.78, 5) is 11.8. The van der Waals surface area contributed by atoms with Gasteiger partial charge < -0.3 is 10.6 Å². The standard InChI is InChI=1S/C15H20N4O/c1-15(2,3)16-10-14(20)18-12-6-4-11(5-7-12)13-8-9-17-19-13/h4-9,16H,10H2,1-3H3,(H,17,19)(H,18,20). The molecule has 106 valence electrons. The van der Waals surface area contributed by atoms with Crippen molar-refractivity contribution in [1.82, 2.24) is 15.5 Å². The molecule has 1 amide bonds. The molecule has 1 aromatic heterocycles. The number of amides is 1. The monoisotopic (exact) mass is 272 g/mol. The van der Waals surface area contributed by atoms with Gasteiger partial charge in [-0.05, 0) is 44.5 Å². The zero-order valence-corrected chi connectivity index (χ0v) is 12.0. The van der Waals surface area contributed by atoms with Crippen LogP contribution in [-0.4, -0.2) is 28.2 Å². The van der Waals surface area contributed by atoms with Crippen molar-refractivity contribution in [2.75, 3.05) is 11.9 Å². The van der Waals surface area contributed by atoms with Crippen LogP contribution in [0.2, 0.25) is 0 Å². The number of nitrogens with one attached hydrogen (secondary N) is 3. The van der Waals surface area contributed by atoms with Crippen LogP contribution < -0.4 is 10.6 Å². The average molecular weight is 272 g/mol. The van der Waals surface area contributed by atoms with Crippen LogP contribution >= 0.6 is 0 Å². The molecule has 0 radical (unpaired) electrons. The van der Waals surface area contributed by atoms with E-state index in [4.69, 9.17) is 0 Å². The van der Waals surface area contributed by atoms with Crippen LogP contribution in [0.4, 0.5) is 5.69 Å².